The molecule has 2 fully saturated rings. The molecule has 2 aromatic heterocycles. The number of aryl methyl sites for hydroxylation is 1. The van der Waals surface area contributed by atoms with Crippen molar-refractivity contribution in [3.05, 3.63) is 35.2 Å². The Labute approximate surface area is 169 Å². The quantitative estimate of drug-likeness (QED) is 0.665. The number of aromatic nitrogens is 2. The fraction of sp³-hybridized carbons (Fsp3) is 0.455. The number of hydrogen-bond donors (Lipinski definition) is 2. The third kappa shape index (κ3) is 3.25. The molecule has 6 heteroatoms. The third-order valence-electron chi connectivity index (χ3n) is 6.24. The van der Waals surface area contributed by atoms with Gasteiger partial charge in [-0.2, -0.15) is 0 Å². The van der Waals surface area contributed by atoms with Crippen LogP contribution in [0.25, 0.3) is 21.3 Å². The van der Waals surface area contributed by atoms with Crippen molar-refractivity contribution in [1.82, 2.24) is 15.1 Å². The molecule has 3 aromatic rings. The van der Waals surface area contributed by atoms with Crippen molar-refractivity contribution in [3.8, 4) is 17.0 Å². The Morgan fingerprint density at radius 2 is 2.04 bits per heavy atom. The van der Waals surface area contributed by atoms with Crippen LogP contribution in [0.3, 0.4) is 0 Å². The van der Waals surface area contributed by atoms with E-state index < -0.39 is 0 Å². The summed E-state index contributed by atoms with van der Waals surface area (Å²) in [5, 5.41) is 26.0. The van der Waals surface area contributed by atoms with Crippen molar-refractivity contribution in [2.45, 2.75) is 51.1 Å². The van der Waals surface area contributed by atoms with Gasteiger partial charge >= 0.3 is 0 Å². The van der Waals surface area contributed by atoms with Crippen LogP contribution in [-0.4, -0.2) is 45.4 Å². The van der Waals surface area contributed by atoms with E-state index >= 15 is 0 Å². The van der Waals surface area contributed by atoms with Gasteiger partial charge in [-0.25, -0.2) is 0 Å². The van der Waals surface area contributed by atoms with E-state index in [0.717, 1.165) is 45.3 Å². The summed E-state index contributed by atoms with van der Waals surface area (Å²) in [7, 11) is 0. The topological polar surface area (TPSA) is 61.3 Å². The van der Waals surface area contributed by atoms with Gasteiger partial charge < -0.3 is 10.4 Å². The van der Waals surface area contributed by atoms with Gasteiger partial charge in [-0.15, -0.1) is 21.5 Å². The van der Waals surface area contributed by atoms with Crippen molar-refractivity contribution < 1.29 is 5.11 Å². The standard InChI is InChI=1S/C22H26N4OS/c1-14-12-20(23-15-4-3-10-26(13-15)16-5-2-6-16)24-25-21(14)18-7-8-19-17(22(18)27)9-11-28-19/h7-9,11-12,15-16,27H,2-6,10,13H2,1H3,(H,23,24). The number of benzene rings is 1. The lowest BCUT2D eigenvalue weighted by molar-refractivity contribution is 0.0990. The van der Waals surface area contributed by atoms with E-state index in [1.165, 1.54) is 38.6 Å². The van der Waals surface area contributed by atoms with Gasteiger partial charge in [-0.1, -0.05) is 6.42 Å². The highest BCUT2D eigenvalue weighted by atomic mass is 32.1. The third-order valence-corrected chi connectivity index (χ3v) is 7.12. The van der Waals surface area contributed by atoms with Crippen molar-refractivity contribution in [3.63, 3.8) is 0 Å². The number of thiophene rings is 1. The van der Waals surface area contributed by atoms with E-state index in [1.807, 2.05) is 30.5 Å². The molecule has 0 bridgehead atoms. The molecule has 1 aliphatic carbocycles. The Kier molecular flexibility index (Phi) is 4.69. The summed E-state index contributed by atoms with van der Waals surface area (Å²) in [5.41, 5.74) is 2.52. The van der Waals surface area contributed by atoms with E-state index in [-0.39, 0.29) is 0 Å². The average Bonchev–Trinajstić information content (AvgIpc) is 3.12. The molecule has 0 spiro atoms. The smallest absolute Gasteiger partial charge is 0.149 e. The summed E-state index contributed by atoms with van der Waals surface area (Å²) < 4.78 is 1.08. The van der Waals surface area contributed by atoms with Crippen LogP contribution in [-0.2, 0) is 0 Å². The number of aromatic hydroxyl groups is 1. The first kappa shape index (κ1) is 17.9. The summed E-state index contributed by atoms with van der Waals surface area (Å²) in [6, 6.07) is 9.23. The zero-order chi connectivity index (χ0) is 19.1. The molecule has 5 rings (SSSR count). The van der Waals surface area contributed by atoms with Crippen LogP contribution in [0.4, 0.5) is 5.82 Å². The van der Waals surface area contributed by atoms with Crippen molar-refractivity contribution in [2.24, 2.45) is 0 Å². The first-order valence-electron chi connectivity index (χ1n) is 10.2. The van der Waals surface area contributed by atoms with E-state index in [1.54, 1.807) is 11.3 Å². The number of anilines is 1. The summed E-state index contributed by atoms with van der Waals surface area (Å²) in [5.74, 6) is 1.12. The highest BCUT2D eigenvalue weighted by Gasteiger charge is 2.29. The summed E-state index contributed by atoms with van der Waals surface area (Å²) in [6.45, 7) is 4.37. The predicted octanol–water partition coefficient (Wildman–Crippen LogP) is 4.80. The minimum atomic E-state index is 0.292. The summed E-state index contributed by atoms with van der Waals surface area (Å²) in [4.78, 5) is 2.65. The number of phenolic OH excluding ortho intramolecular Hbond substituents is 1. The molecule has 1 aromatic carbocycles. The predicted molar refractivity (Wildman–Crippen MR) is 115 cm³/mol. The van der Waals surface area contributed by atoms with Crippen molar-refractivity contribution in [1.29, 1.82) is 0 Å². The number of piperidine rings is 1. The number of nitrogens with zero attached hydrogens (tertiary/aromatic N) is 3. The molecule has 146 valence electrons. The van der Waals surface area contributed by atoms with Gasteiger partial charge in [0, 0.05) is 34.3 Å². The van der Waals surface area contributed by atoms with Crippen molar-refractivity contribution in [2.75, 3.05) is 18.4 Å². The summed E-state index contributed by atoms with van der Waals surface area (Å²) in [6.07, 6.45) is 6.53. The molecule has 1 unspecified atom stereocenters. The fourth-order valence-electron chi connectivity index (χ4n) is 4.46. The van der Waals surface area contributed by atoms with Gasteiger partial charge in [0.2, 0.25) is 0 Å². The molecule has 28 heavy (non-hydrogen) atoms. The molecule has 5 nitrogen and oxygen atoms in total. The Morgan fingerprint density at radius 1 is 1.14 bits per heavy atom. The maximum absolute atomic E-state index is 10.7. The van der Waals surface area contributed by atoms with Crippen LogP contribution >= 0.6 is 11.3 Å². The first-order chi connectivity index (χ1) is 13.7. The number of likely N-dealkylation sites (tertiary alicyclic amines) is 1. The minimum Gasteiger partial charge on any atom is -0.507 e. The molecular weight excluding hydrogens is 368 g/mol. The highest BCUT2D eigenvalue weighted by molar-refractivity contribution is 7.17. The molecule has 1 saturated heterocycles. The van der Waals surface area contributed by atoms with E-state index in [2.05, 4.69) is 26.5 Å². The van der Waals surface area contributed by atoms with E-state index in [4.69, 9.17) is 0 Å². The number of hydrogen-bond acceptors (Lipinski definition) is 6. The maximum atomic E-state index is 10.7. The number of phenols is 1. The van der Waals surface area contributed by atoms with Gasteiger partial charge in [-0.05, 0) is 74.4 Å². The molecule has 0 radical (unpaired) electrons. The van der Waals surface area contributed by atoms with Gasteiger partial charge in [0.15, 0.2) is 0 Å². The van der Waals surface area contributed by atoms with Gasteiger partial charge in [0.1, 0.15) is 11.6 Å². The Hall–Kier alpha value is -2.18. The number of rotatable bonds is 4. The van der Waals surface area contributed by atoms with Crippen molar-refractivity contribution >= 4 is 27.2 Å². The lowest BCUT2D eigenvalue weighted by Crippen LogP contribution is -2.49. The largest absolute Gasteiger partial charge is 0.507 e. The molecule has 1 saturated carbocycles. The molecule has 0 amide bonds. The molecule has 2 aliphatic rings. The lowest BCUT2D eigenvalue weighted by atomic mass is 9.89. The van der Waals surface area contributed by atoms with Gasteiger partial charge in [0.05, 0.1) is 5.69 Å². The number of fused-ring (bicyclic) bond motifs is 1. The maximum Gasteiger partial charge on any atom is 0.149 e. The first-order valence-corrected chi connectivity index (χ1v) is 11.1. The fourth-order valence-corrected chi connectivity index (χ4v) is 5.25. The van der Waals surface area contributed by atoms with Crippen LogP contribution in [0.2, 0.25) is 0 Å². The van der Waals surface area contributed by atoms with E-state index in [0.29, 0.717) is 11.8 Å². The van der Waals surface area contributed by atoms with Crippen LogP contribution in [0.5, 0.6) is 5.75 Å². The zero-order valence-corrected chi connectivity index (χ0v) is 17.0. The Balaban J connectivity index is 1.35. The molecular formula is C22H26N4OS. The SMILES string of the molecule is Cc1cc(NC2CCCN(C3CCC3)C2)nnc1-c1ccc2sccc2c1O. The highest BCUT2D eigenvalue weighted by Crippen LogP contribution is 2.38. The van der Waals surface area contributed by atoms with Gasteiger partial charge in [-0.3, -0.25) is 4.90 Å². The Bertz CT molecular complexity index is 997. The minimum absolute atomic E-state index is 0.292. The average molecular weight is 395 g/mol. The summed E-state index contributed by atoms with van der Waals surface area (Å²) >= 11 is 1.63. The van der Waals surface area contributed by atoms with Crippen LogP contribution in [0, 0.1) is 6.92 Å². The van der Waals surface area contributed by atoms with Gasteiger partial charge in [0.25, 0.3) is 0 Å². The molecule has 2 N–H and O–H groups in total. The number of nitrogens with one attached hydrogen (secondary N) is 1. The Morgan fingerprint density at radius 3 is 2.82 bits per heavy atom. The second-order valence-corrected chi connectivity index (χ2v) is 9.07. The molecule has 1 aliphatic heterocycles. The van der Waals surface area contributed by atoms with Crippen LogP contribution in [0.15, 0.2) is 29.6 Å². The van der Waals surface area contributed by atoms with E-state index in [9.17, 15) is 5.11 Å². The molecule has 3 heterocycles. The van der Waals surface area contributed by atoms with Crippen LogP contribution in [0.1, 0.15) is 37.7 Å². The second kappa shape index (κ2) is 7.33. The second-order valence-electron chi connectivity index (χ2n) is 8.12. The molecule has 1 atom stereocenters. The van der Waals surface area contributed by atoms with Crippen LogP contribution < -0.4 is 5.32 Å². The monoisotopic (exact) mass is 394 g/mol. The lowest BCUT2D eigenvalue weighted by Gasteiger charge is -2.42. The normalized spacial score (nSPS) is 21.0. The zero-order valence-electron chi connectivity index (χ0n) is 16.2.